The van der Waals surface area contributed by atoms with Gasteiger partial charge in [0, 0.05) is 18.8 Å². The molecule has 1 aromatic rings. The van der Waals surface area contributed by atoms with Crippen LogP contribution in [0.25, 0.3) is 0 Å². The van der Waals surface area contributed by atoms with Gasteiger partial charge in [0.25, 0.3) is 0 Å². The lowest BCUT2D eigenvalue weighted by atomic mass is 9.94. The minimum absolute atomic E-state index is 0.234. The molecule has 1 heterocycles. The van der Waals surface area contributed by atoms with Crippen LogP contribution >= 0.6 is 12.2 Å². The van der Waals surface area contributed by atoms with Crippen molar-refractivity contribution in [1.29, 1.82) is 0 Å². The fourth-order valence-electron chi connectivity index (χ4n) is 2.27. The Morgan fingerprint density at radius 3 is 2.62 bits per heavy atom. The number of rotatable bonds is 4. The van der Waals surface area contributed by atoms with Crippen molar-refractivity contribution in [3.63, 3.8) is 0 Å². The molecule has 21 heavy (non-hydrogen) atoms. The number of nitrogens with one attached hydrogen (secondary N) is 1. The smallest absolute Gasteiger partial charge is 0.241 e. The van der Waals surface area contributed by atoms with Gasteiger partial charge < -0.3 is 10.5 Å². The first-order chi connectivity index (χ1) is 9.75. The fraction of sp³-hybridized carbons (Fsp3) is 0.462. The van der Waals surface area contributed by atoms with E-state index < -0.39 is 21.4 Å². The molecule has 5 nitrogen and oxygen atoms in total. The van der Waals surface area contributed by atoms with Gasteiger partial charge in [-0.1, -0.05) is 18.3 Å². The molecule has 3 N–H and O–H groups in total. The Kier molecular flexibility index (Phi) is 4.62. The molecule has 116 valence electrons. The molecule has 0 radical (unpaired) electrons. The summed E-state index contributed by atoms with van der Waals surface area (Å²) >= 11 is 4.76. The largest absolute Gasteiger partial charge is 0.389 e. The SMILES string of the molecule is CC1(NS(=O)(=O)c2cccc(F)c2C(N)=S)CCOCC1. The zero-order chi connectivity index (χ0) is 15.7. The van der Waals surface area contributed by atoms with Gasteiger partial charge in [-0.3, -0.25) is 0 Å². The van der Waals surface area contributed by atoms with Gasteiger partial charge in [0.1, 0.15) is 10.8 Å². The van der Waals surface area contributed by atoms with E-state index in [0.717, 1.165) is 6.07 Å². The summed E-state index contributed by atoms with van der Waals surface area (Å²) in [6.45, 7) is 2.75. The molecule has 0 saturated carbocycles. The summed E-state index contributed by atoms with van der Waals surface area (Å²) in [5, 5.41) is 0. The molecule has 1 saturated heterocycles. The van der Waals surface area contributed by atoms with E-state index in [1.165, 1.54) is 12.1 Å². The molecule has 0 spiro atoms. The zero-order valence-electron chi connectivity index (χ0n) is 11.6. The van der Waals surface area contributed by atoms with Crippen molar-refractivity contribution in [3.8, 4) is 0 Å². The van der Waals surface area contributed by atoms with Crippen LogP contribution in [0, 0.1) is 5.82 Å². The standard InChI is InChI=1S/C13H17FN2O3S2/c1-13(5-7-19-8-6-13)16-21(17,18)10-4-2-3-9(14)11(10)12(15)20/h2-4,16H,5-8H2,1H3,(H2,15,20). The van der Waals surface area contributed by atoms with E-state index in [1.807, 2.05) is 0 Å². The Morgan fingerprint density at radius 1 is 1.43 bits per heavy atom. The molecule has 0 atom stereocenters. The molecule has 0 aromatic heterocycles. The third-order valence-corrected chi connectivity index (χ3v) is 5.37. The maximum absolute atomic E-state index is 13.8. The lowest BCUT2D eigenvalue weighted by Gasteiger charge is -2.34. The molecule has 0 aliphatic carbocycles. The van der Waals surface area contributed by atoms with E-state index in [1.54, 1.807) is 6.92 Å². The zero-order valence-corrected chi connectivity index (χ0v) is 13.2. The maximum atomic E-state index is 13.8. The van der Waals surface area contributed by atoms with E-state index in [4.69, 9.17) is 22.7 Å². The van der Waals surface area contributed by atoms with Gasteiger partial charge in [-0.25, -0.2) is 17.5 Å². The van der Waals surface area contributed by atoms with Crippen molar-refractivity contribution in [2.45, 2.75) is 30.2 Å². The minimum atomic E-state index is -3.93. The quantitative estimate of drug-likeness (QED) is 0.813. The van der Waals surface area contributed by atoms with Gasteiger partial charge in [-0.2, -0.15) is 0 Å². The van der Waals surface area contributed by atoms with E-state index in [0.29, 0.717) is 26.1 Å². The minimum Gasteiger partial charge on any atom is -0.389 e. The second-order valence-corrected chi connectivity index (χ2v) is 7.35. The van der Waals surface area contributed by atoms with Crippen LogP contribution in [0.4, 0.5) is 4.39 Å². The Balaban J connectivity index is 2.40. The highest BCUT2D eigenvalue weighted by Gasteiger charge is 2.34. The van der Waals surface area contributed by atoms with Crippen molar-refractivity contribution in [1.82, 2.24) is 4.72 Å². The van der Waals surface area contributed by atoms with Crippen LogP contribution in [0.3, 0.4) is 0 Å². The summed E-state index contributed by atoms with van der Waals surface area (Å²) in [7, 11) is -3.93. The molecular formula is C13H17FN2O3S2. The van der Waals surface area contributed by atoms with E-state index in [9.17, 15) is 12.8 Å². The average molecular weight is 332 g/mol. The van der Waals surface area contributed by atoms with E-state index in [2.05, 4.69) is 4.72 Å². The molecule has 1 aromatic carbocycles. The molecule has 0 unspecified atom stereocenters. The van der Waals surface area contributed by atoms with Gasteiger partial charge >= 0.3 is 0 Å². The van der Waals surface area contributed by atoms with Crippen LogP contribution in [0.5, 0.6) is 0 Å². The van der Waals surface area contributed by atoms with Crippen LogP contribution in [0.2, 0.25) is 0 Å². The lowest BCUT2D eigenvalue weighted by molar-refractivity contribution is 0.0537. The van der Waals surface area contributed by atoms with Gasteiger partial charge in [-0.05, 0) is 31.9 Å². The van der Waals surface area contributed by atoms with Crippen molar-refractivity contribution < 1.29 is 17.5 Å². The number of ether oxygens (including phenoxy) is 1. The molecule has 1 aliphatic heterocycles. The Hall–Kier alpha value is -1.09. The maximum Gasteiger partial charge on any atom is 0.241 e. The highest BCUT2D eigenvalue weighted by atomic mass is 32.2. The Morgan fingerprint density at radius 2 is 2.05 bits per heavy atom. The summed E-state index contributed by atoms with van der Waals surface area (Å²) in [5.41, 5.74) is 4.58. The van der Waals surface area contributed by atoms with E-state index in [-0.39, 0.29) is 15.4 Å². The van der Waals surface area contributed by atoms with Crippen molar-refractivity contribution >= 4 is 27.2 Å². The number of nitrogens with two attached hydrogens (primary N) is 1. The summed E-state index contributed by atoms with van der Waals surface area (Å²) in [5.74, 6) is -0.748. The van der Waals surface area contributed by atoms with Crippen molar-refractivity contribution in [2.24, 2.45) is 5.73 Å². The highest BCUT2D eigenvalue weighted by Crippen LogP contribution is 2.25. The second-order valence-electron chi connectivity index (χ2n) is 5.26. The highest BCUT2D eigenvalue weighted by molar-refractivity contribution is 7.89. The number of halogens is 1. The average Bonchev–Trinajstić information content (AvgIpc) is 2.37. The molecule has 8 heteroatoms. The lowest BCUT2D eigenvalue weighted by Crippen LogP contribution is -2.49. The molecule has 0 bridgehead atoms. The fourth-order valence-corrected chi connectivity index (χ4v) is 4.24. The van der Waals surface area contributed by atoms with Gasteiger partial charge in [0.15, 0.2) is 0 Å². The predicted molar refractivity (Wildman–Crippen MR) is 81.1 cm³/mol. The molecule has 1 fully saturated rings. The third kappa shape index (κ3) is 3.57. The first-order valence-corrected chi connectivity index (χ1v) is 8.34. The number of sulfonamides is 1. The Bertz CT molecular complexity index is 655. The number of thiocarbonyl (C=S) groups is 1. The first kappa shape index (κ1) is 16.3. The summed E-state index contributed by atoms with van der Waals surface area (Å²) in [6, 6.07) is 3.74. The third-order valence-electron chi connectivity index (χ3n) is 3.49. The van der Waals surface area contributed by atoms with Crippen molar-refractivity contribution in [2.75, 3.05) is 13.2 Å². The van der Waals surface area contributed by atoms with Crippen LogP contribution in [0.15, 0.2) is 23.1 Å². The van der Waals surface area contributed by atoms with Crippen LogP contribution in [-0.2, 0) is 14.8 Å². The van der Waals surface area contributed by atoms with Gasteiger partial charge in [-0.15, -0.1) is 0 Å². The normalized spacial score (nSPS) is 18.4. The topological polar surface area (TPSA) is 81.4 Å². The first-order valence-electron chi connectivity index (χ1n) is 6.45. The van der Waals surface area contributed by atoms with Crippen LogP contribution < -0.4 is 10.5 Å². The monoisotopic (exact) mass is 332 g/mol. The van der Waals surface area contributed by atoms with Crippen molar-refractivity contribution in [3.05, 3.63) is 29.6 Å². The number of benzene rings is 1. The van der Waals surface area contributed by atoms with Crippen LogP contribution in [-0.4, -0.2) is 32.2 Å². The second kappa shape index (κ2) is 5.96. The molecule has 1 aliphatic rings. The Labute approximate surface area is 128 Å². The number of hydrogen-bond acceptors (Lipinski definition) is 4. The summed E-state index contributed by atoms with van der Waals surface area (Å²) in [4.78, 5) is -0.520. The van der Waals surface area contributed by atoms with Crippen LogP contribution in [0.1, 0.15) is 25.3 Å². The predicted octanol–water partition coefficient (Wildman–Crippen LogP) is 1.31. The van der Waals surface area contributed by atoms with Gasteiger partial charge in [0.2, 0.25) is 10.0 Å². The van der Waals surface area contributed by atoms with Gasteiger partial charge in [0.05, 0.1) is 10.5 Å². The summed E-state index contributed by atoms with van der Waals surface area (Å²) < 4.78 is 46.8. The van der Waals surface area contributed by atoms with E-state index >= 15 is 0 Å². The molecule has 2 rings (SSSR count). The molecule has 0 amide bonds. The summed E-state index contributed by atoms with van der Waals surface area (Å²) in [6.07, 6.45) is 1.09. The molecular weight excluding hydrogens is 315 g/mol. The number of hydrogen-bond donors (Lipinski definition) is 2.